The number of benzene rings is 1. The molecule has 1 aliphatic rings. The van der Waals surface area contributed by atoms with E-state index >= 15 is 0 Å². The van der Waals surface area contributed by atoms with E-state index in [4.69, 9.17) is 10.00 Å². The van der Waals surface area contributed by atoms with Gasteiger partial charge in [0.25, 0.3) is 0 Å². The third-order valence-electron chi connectivity index (χ3n) is 4.17. The first-order valence-corrected chi connectivity index (χ1v) is 8.39. The van der Waals surface area contributed by atoms with Gasteiger partial charge in [0.2, 0.25) is 0 Å². The molecule has 0 aliphatic carbocycles. The van der Waals surface area contributed by atoms with Crippen LogP contribution >= 0.6 is 24.0 Å². The first kappa shape index (κ1) is 22.2. The van der Waals surface area contributed by atoms with Crippen molar-refractivity contribution in [2.24, 2.45) is 10.9 Å². The highest BCUT2D eigenvalue weighted by Gasteiger charge is 2.28. The Kier molecular flexibility index (Phi) is 9.34. The van der Waals surface area contributed by atoms with E-state index in [1.807, 2.05) is 11.0 Å². The van der Waals surface area contributed by atoms with Crippen LogP contribution in [0.15, 0.2) is 23.2 Å². The predicted octanol–water partition coefficient (Wildman–Crippen LogP) is 2.67. The summed E-state index contributed by atoms with van der Waals surface area (Å²) >= 11 is 0. The molecule has 142 valence electrons. The topological polar surface area (TPSA) is 77.7 Å². The van der Waals surface area contributed by atoms with Gasteiger partial charge in [-0.05, 0) is 31.9 Å². The number of halogens is 2. The van der Waals surface area contributed by atoms with Crippen molar-refractivity contribution in [3.8, 4) is 6.07 Å². The Morgan fingerprint density at radius 1 is 1.54 bits per heavy atom. The molecule has 0 spiro atoms. The van der Waals surface area contributed by atoms with Gasteiger partial charge in [-0.2, -0.15) is 5.26 Å². The van der Waals surface area contributed by atoms with Crippen molar-refractivity contribution in [3.63, 3.8) is 0 Å². The molecular formula is C18H24FIN4O2. The van der Waals surface area contributed by atoms with E-state index < -0.39 is 5.82 Å². The SMILES string of the molecule is CCOC(=O)C1CCCN(C(=NC)NCc2ccc(C#N)cc2F)C1.I. The lowest BCUT2D eigenvalue weighted by molar-refractivity contribution is -0.149. The number of nitriles is 1. The van der Waals surface area contributed by atoms with Gasteiger partial charge in [-0.25, -0.2) is 4.39 Å². The minimum atomic E-state index is -0.426. The third kappa shape index (κ3) is 5.83. The number of nitrogens with zero attached hydrogens (tertiary/aromatic N) is 3. The van der Waals surface area contributed by atoms with Crippen LogP contribution in [-0.4, -0.2) is 43.6 Å². The van der Waals surface area contributed by atoms with Gasteiger partial charge in [-0.15, -0.1) is 24.0 Å². The summed E-state index contributed by atoms with van der Waals surface area (Å²) in [5.74, 6) is -0.150. The molecule has 0 bridgehead atoms. The summed E-state index contributed by atoms with van der Waals surface area (Å²) in [6, 6.07) is 6.30. The Labute approximate surface area is 170 Å². The van der Waals surface area contributed by atoms with Gasteiger partial charge < -0.3 is 15.0 Å². The lowest BCUT2D eigenvalue weighted by Gasteiger charge is -2.34. The number of piperidine rings is 1. The van der Waals surface area contributed by atoms with Crippen LogP contribution in [0.1, 0.15) is 30.9 Å². The number of carbonyl (C=O) groups is 1. The highest BCUT2D eigenvalue weighted by atomic mass is 127. The number of ether oxygens (including phenoxy) is 1. The number of guanidine groups is 1. The van der Waals surface area contributed by atoms with Crippen molar-refractivity contribution in [2.75, 3.05) is 26.7 Å². The first-order valence-electron chi connectivity index (χ1n) is 8.39. The number of nitrogens with one attached hydrogen (secondary N) is 1. The quantitative estimate of drug-likeness (QED) is 0.314. The van der Waals surface area contributed by atoms with Crippen LogP contribution in [0.2, 0.25) is 0 Å². The average molecular weight is 474 g/mol. The van der Waals surface area contributed by atoms with E-state index in [2.05, 4.69) is 10.3 Å². The monoisotopic (exact) mass is 474 g/mol. The molecule has 0 saturated carbocycles. The number of esters is 1. The molecule has 1 unspecified atom stereocenters. The lowest BCUT2D eigenvalue weighted by Crippen LogP contribution is -2.48. The largest absolute Gasteiger partial charge is 0.466 e. The van der Waals surface area contributed by atoms with Gasteiger partial charge >= 0.3 is 5.97 Å². The van der Waals surface area contributed by atoms with Gasteiger partial charge in [-0.3, -0.25) is 9.79 Å². The summed E-state index contributed by atoms with van der Waals surface area (Å²) < 4.78 is 19.1. The third-order valence-corrected chi connectivity index (χ3v) is 4.17. The number of rotatable bonds is 4. The van der Waals surface area contributed by atoms with E-state index in [-0.39, 0.29) is 42.4 Å². The smallest absolute Gasteiger partial charge is 0.310 e. The van der Waals surface area contributed by atoms with Crippen molar-refractivity contribution in [1.82, 2.24) is 10.2 Å². The lowest BCUT2D eigenvalue weighted by atomic mass is 9.98. The zero-order valence-corrected chi connectivity index (χ0v) is 17.3. The zero-order chi connectivity index (χ0) is 18.2. The summed E-state index contributed by atoms with van der Waals surface area (Å²) in [6.07, 6.45) is 1.67. The molecule has 1 aromatic carbocycles. The minimum absolute atomic E-state index is 0. The first-order chi connectivity index (χ1) is 12.1. The molecule has 1 saturated heterocycles. The van der Waals surface area contributed by atoms with Crippen LogP contribution < -0.4 is 5.32 Å². The Morgan fingerprint density at radius 2 is 2.31 bits per heavy atom. The van der Waals surface area contributed by atoms with Crippen LogP contribution in [0.3, 0.4) is 0 Å². The molecule has 1 N–H and O–H groups in total. The number of carbonyl (C=O) groups excluding carboxylic acids is 1. The van der Waals surface area contributed by atoms with Crippen LogP contribution in [0.5, 0.6) is 0 Å². The van der Waals surface area contributed by atoms with Crippen LogP contribution in [0.25, 0.3) is 0 Å². The highest BCUT2D eigenvalue weighted by molar-refractivity contribution is 14.0. The minimum Gasteiger partial charge on any atom is -0.466 e. The molecule has 2 rings (SSSR count). The fourth-order valence-electron chi connectivity index (χ4n) is 2.89. The van der Waals surface area contributed by atoms with Crippen LogP contribution in [0.4, 0.5) is 4.39 Å². The fraction of sp³-hybridized carbons (Fsp3) is 0.500. The van der Waals surface area contributed by atoms with E-state index in [9.17, 15) is 9.18 Å². The maximum absolute atomic E-state index is 14.0. The maximum atomic E-state index is 14.0. The Hall–Kier alpha value is -1.89. The maximum Gasteiger partial charge on any atom is 0.310 e. The summed E-state index contributed by atoms with van der Waals surface area (Å²) in [5, 5.41) is 11.9. The zero-order valence-electron chi connectivity index (χ0n) is 15.0. The van der Waals surface area contributed by atoms with E-state index in [1.165, 1.54) is 6.07 Å². The molecule has 1 aromatic rings. The highest BCUT2D eigenvalue weighted by Crippen LogP contribution is 2.18. The Balaban J connectivity index is 0.00000338. The second-order valence-electron chi connectivity index (χ2n) is 5.86. The molecule has 0 aromatic heterocycles. The van der Waals surface area contributed by atoms with Crippen LogP contribution in [-0.2, 0) is 16.1 Å². The van der Waals surface area contributed by atoms with Gasteiger partial charge in [0.05, 0.1) is 24.2 Å². The Bertz CT molecular complexity index is 690. The molecule has 0 amide bonds. The molecule has 26 heavy (non-hydrogen) atoms. The summed E-state index contributed by atoms with van der Waals surface area (Å²) in [6.45, 7) is 3.75. The Morgan fingerprint density at radius 3 is 2.92 bits per heavy atom. The van der Waals surface area contributed by atoms with Gasteiger partial charge in [0.15, 0.2) is 5.96 Å². The average Bonchev–Trinajstić information content (AvgIpc) is 2.63. The number of hydrogen-bond acceptors (Lipinski definition) is 4. The molecule has 1 heterocycles. The standard InChI is InChI=1S/C18H23FN4O2.HI/c1-3-25-17(24)15-5-4-8-23(12-15)18(21-2)22-11-14-7-6-13(10-20)9-16(14)19;/h6-7,9,15H,3-5,8,11-12H2,1-2H3,(H,21,22);1H. The van der Waals surface area contributed by atoms with Crippen LogP contribution in [0, 0.1) is 23.1 Å². The van der Waals surface area contributed by atoms with Gasteiger partial charge in [0, 0.05) is 32.2 Å². The molecule has 1 aliphatic heterocycles. The second kappa shape index (κ2) is 11.0. The summed E-state index contributed by atoms with van der Waals surface area (Å²) in [5.41, 5.74) is 0.748. The van der Waals surface area contributed by atoms with E-state index in [0.29, 0.717) is 30.2 Å². The molecular weight excluding hydrogens is 450 g/mol. The fourth-order valence-corrected chi connectivity index (χ4v) is 2.89. The molecule has 1 atom stereocenters. The number of hydrogen-bond donors (Lipinski definition) is 1. The molecule has 1 fully saturated rings. The summed E-state index contributed by atoms with van der Waals surface area (Å²) in [7, 11) is 1.66. The van der Waals surface area contributed by atoms with Gasteiger partial charge in [0.1, 0.15) is 5.82 Å². The molecule has 0 radical (unpaired) electrons. The van der Waals surface area contributed by atoms with Crippen molar-refractivity contribution < 1.29 is 13.9 Å². The molecule has 6 nitrogen and oxygen atoms in total. The normalized spacial score (nSPS) is 17.1. The van der Waals surface area contributed by atoms with Crippen molar-refractivity contribution in [2.45, 2.75) is 26.3 Å². The van der Waals surface area contributed by atoms with E-state index in [1.54, 1.807) is 26.1 Å². The summed E-state index contributed by atoms with van der Waals surface area (Å²) in [4.78, 5) is 18.2. The van der Waals surface area contributed by atoms with Crippen molar-refractivity contribution >= 4 is 35.9 Å². The van der Waals surface area contributed by atoms with E-state index in [0.717, 1.165) is 19.4 Å². The van der Waals surface area contributed by atoms with Gasteiger partial charge in [-0.1, -0.05) is 6.07 Å². The second-order valence-corrected chi connectivity index (χ2v) is 5.86. The number of likely N-dealkylation sites (tertiary alicyclic amines) is 1. The molecule has 8 heteroatoms. The van der Waals surface area contributed by atoms with Crippen molar-refractivity contribution in [1.29, 1.82) is 5.26 Å². The number of aliphatic imine (C=N–C) groups is 1. The van der Waals surface area contributed by atoms with Crippen molar-refractivity contribution in [3.05, 3.63) is 35.1 Å². The predicted molar refractivity (Wildman–Crippen MR) is 108 cm³/mol.